The number of phosphoric acid groups is 1. The van der Waals surface area contributed by atoms with Gasteiger partial charge in [-0.25, -0.2) is 4.57 Å². The molecule has 0 bridgehead atoms. The first-order valence-corrected chi connectivity index (χ1v) is 25.6. The molecular weight excluding hydrogens is 746 g/mol. The van der Waals surface area contributed by atoms with Crippen LogP contribution in [0.2, 0.25) is 0 Å². The Morgan fingerprint density at radius 3 is 1.45 bits per heavy atom. The van der Waals surface area contributed by atoms with E-state index < -0.39 is 13.9 Å². The highest BCUT2D eigenvalue weighted by Gasteiger charge is 2.25. The predicted molar refractivity (Wildman–Crippen MR) is 247 cm³/mol. The fraction of sp³-hybridized carbons (Fsp3) is 0.816. The summed E-state index contributed by atoms with van der Waals surface area (Å²) in [6.45, 7) is 4.84. The Hall–Kier alpha value is -1.54. The molecule has 0 aliphatic rings. The number of carbonyl (C=O) groups is 1. The van der Waals surface area contributed by atoms with Crippen LogP contribution in [0.3, 0.4) is 0 Å². The lowest BCUT2D eigenvalue weighted by Gasteiger charge is -2.20. The molecule has 0 heterocycles. The number of esters is 1. The van der Waals surface area contributed by atoms with Crippen LogP contribution in [0, 0.1) is 0 Å². The van der Waals surface area contributed by atoms with Crippen LogP contribution in [-0.4, -0.2) is 49.9 Å². The van der Waals surface area contributed by atoms with Crippen molar-refractivity contribution in [3.8, 4) is 0 Å². The van der Waals surface area contributed by atoms with Crippen molar-refractivity contribution in [2.45, 2.75) is 225 Å². The molecule has 0 aliphatic carbocycles. The summed E-state index contributed by atoms with van der Waals surface area (Å²) in [5.41, 5.74) is 5.38. The second kappa shape index (κ2) is 46.5. The molecule has 0 spiro atoms. The van der Waals surface area contributed by atoms with Crippen molar-refractivity contribution in [2.24, 2.45) is 5.73 Å². The molecule has 8 nitrogen and oxygen atoms in total. The van der Waals surface area contributed by atoms with E-state index in [1.165, 1.54) is 141 Å². The number of hydrogen-bond donors (Lipinski definition) is 2. The zero-order valence-corrected chi connectivity index (χ0v) is 38.7. The maximum atomic E-state index is 12.6. The van der Waals surface area contributed by atoms with Crippen LogP contribution in [0.25, 0.3) is 0 Å². The highest BCUT2D eigenvalue weighted by molar-refractivity contribution is 7.47. The van der Waals surface area contributed by atoms with Crippen LogP contribution in [0.4, 0.5) is 0 Å². The van der Waals surface area contributed by atoms with E-state index in [0.29, 0.717) is 13.0 Å². The Labute approximate surface area is 358 Å². The second-order valence-electron chi connectivity index (χ2n) is 16.0. The van der Waals surface area contributed by atoms with Crippen LogP contribution >= 0.6 is 7.82 Å². The highest BCUT2D eigenvalue weighted by Crippen LogP contribution is 2.43. The van der Waals surface area contributed by atoms with Crippen LogP contribution in [0.1, 0.15) is 219 Å². The van der Waals surface area contributed by atoms with Gasteiger partial charge in [0.2, 0.25) is 0 Å². The van der Waals surface area contributed by atoms with Crippen LogP contribution < -0.4 is 5.73 Å². The summed E-state index contributed by atoms with van der Waals surface area (Å²) in [7, 11) is -4.28. The first kappa shape index (κ1) is 56.5. The smallest absolute Gasteiger partial charge is 0.457 e. The summed E-state index contributed by atoms with van der Waals surface area (Å²) >= 11 is 0. The van der Waals surface area contributed by atoms with Gasteiger partial charge in [0.25, 0.3) is 0 Å². The van der Waals surface area contributed by atoms with Crippen molar-refractivity contribution in [3.05, 3.63) is 48.6 Å². The quantitative estimate of drug-likeness (QED) is 0.0269. The van der Waals surface area contributed by atoms with E-state index in [1.807, 2.05) is 0 Å². The minimum atomic E-state index is -4.28. The standard InChI is InChI=1S/C49H92NO7P/c1-3-5-7-9-11-13-15-17-19-20-21-22-23-24-25-26-27-28-29-30-32-34-36-38-40-42-49(51)57-48(47-56-58(52,53)55-45-43-50)46-54-44-41-39-37-35-33-31-18-16-14-12-10-8-6-4-2/h5,7,11,13,17,19,21-22,48H,3-4,6,8-10,12,14-16,18,20,23-47,50H2,1-2H3,(H,52,53)/b7-5-,13-11-,19-17-,22-21-. The zero-order valence-electron chi connectivity index (χ0n) is 37.8. The summed E-state index contributed by atoms with van der Waals surface area (Å²) in [5, 5.41) is 0. The lowest BCUT2D eigenvalue weighted by Crippen LogP contribution is -2.28. The molecule has 0 rings (SSSR count). The summed E-state index contributed by atoms with van der Waals surface area (Å²) in [4.78, 5) is 22.5. The van der Waals surface area contributed by atoms with Gasteiger partial charge in [-0.3, -0.25) is 13.8 Å². The summed E-state index contributed by atoms with van der Waals surface area (Å²) in [6.07, 6.45) is 55.6. The molecule has 0 saturated carbocycles. The third kappa shape index (κ3) is 45.5. The molecule has 0 aromatic carbocycles. The van der Waals surface area contributed by atoms with Crippen LogP contribution in [0.5, 0.6) is 0 Å². The lowest BCUT2D eigenvalue weighted by atomic mass is 10.0. The highest BCUT2D eigenvalue weighted by atomic mass is 31.2. The number of hydrogen-bond acceptors (Lipinski definition) is 7. The largest absolute Gasteiger partial charge is 0.472 e. The number of nitrogens with two attached hydrogens (primary N) is 1. The van der Waals surface area contributed by atoms with Gasteiger partial charge in [-0.2, -0.15) is 0 Å². The first-order chi connectivity index (χ1) is 28.4. The molecule has 3 N–H and O–H groups in total. The van der Waals surface area contributed by atoms with Gasteiger partial charge in [-0.15, -0.1) is 0 Å². The number of rotatable bonds is 46. The topological polar surface area (TPSA) is 117 Å². The molecule has 2 unspecified atom stereocenters. The van der Waals surface area contributed by atoms with E-state index in [1.54, 1.807) is 0 Å². The van der Waals surface area contributed by atoms with Crippen molar-refractivity contribution >= 4 is 13.8 Å². The van der Waals surface area contributed by atoms with Crippen LogP contribution in [0.15, 0.2) is 48.6 Å². The summed E-state index contributed by atoms with van der Waals surface area (Å²) in [5.74, 6) is -0.331. The maximum Gasteiger partial charge on any atom is 0.472 e. The van der Waals surface area contributed by atoms with Crippen molar-refractivity contribution in [2.75, 3.05) is 33.0 Å². The van der Waals surface area contributed by atoms with E-state index in [2.05, 4.69) is 62.5 Å². The van der Waals surface area contributed by atoms with Gasteiger partial charge in [0.1, 0.15) is 6.10 Å². The van der Waals surface area contributed by atoms with Crippen molar-refractivity contribution in [1.29, 1.82) is 0 Å². The Morgan fingerprint density at radius 2 is 0.966 bits per heavy atom. The normalized spacial score (nSPS) is 13.8. The number of phosphoric ester groups is 1. The fourth-order valence-electron chi connectivity index (χ4n) is 6.75. The van der Waals surface area contributed by atoms with E-state index >= 15 is 0 Å². The molecular formula is C49H92NO7P. The lowest BCUT2D eigenvalue weighted by molar-refractivity contribution is -0.154. The van der Waals surface area contributed by atoms with E-state index in [4.69, 9.17) is 24.3 Å². The first-order valence-electron chi connectivity index (χ1n) is 24.1. The summed E-state index contributed by atoms with van der Waals surface area (Å²) in [6, 6.07) is 0. The molecule has 0 radical (unpaired) electrons. The average Bonchev–Trinajstić information content (AvgIpc) is 3.21. The Morgan fingerprint density at radius 1 is 0.534 bits per heavy atom. The van der Waals surface area contributed by atoms with Gasteiger partial charge in [-0.05, 0) is 51.4 Å². The molecule has 0 aromatic heterocycles. The molecule has 58 heavy (non-hydrogen) atoms. The van der Waals surface area contributed by atoms with Crippen molar-refractivity contribution in [3.63, 3.8) is 0 Å². The van der Waals surface area contributed by atoms with Crippen LogP contribution in [-0.2, 0) is 27.9 Å². The molecule has 9 heteroatoms. The molecule has 0 fully saturated rings. The van der Waals surface area contributed by atoms with Gasteiger partial charge in [0, 0.05) is 19.6 Å². The Kier molecular flexibility index (Phi) is 45.3. The fourth-order valence-corrected chi connectivity index (χ4v) is 7.52. The second-order valence-corrected chi connectivity index (χ2v) is 17.4. The molecule has 0 amide bonds. The molecule has 0 aromatic rings. The number of ether oxygens (including phenoxy) is 2. The molecule has 2 atom stereocenters. The van der Waals surface area contributed by atoms with Gasteiger partial charge < -0.3 is 20.1 Å². The SMILES string of the molecule is CC/C=C\C/C=C\C/C=C\C/C=C\CCCCCCCCCCCCCCC(=O)OC(COCCCCCCCCCCCCCCCC)COP(=O)(O)OCCN. The van der Waals surface area contributed by atoms with Gasteiger partial charge in [-0.1, -0.05) is 210 Å². The zero-order chi connectivity index (χ0) is 42.3. The van der Waals surface area contributed by atoms with Gasteiger partial charge in [0.15, 0.2) is 0 Å². The van der Waals surface area contributed by atoms with E-state index in [0.717, 1.165) is 57.8 Å². The summed E-state index contributed by atoms with van der Waals surface area (Å²) < 4.78 is 33.5. The number of carbonyl (C=O) groups excluding carboxylic acids is 1. The van der Waals surface area contributed by atoms with E-state index in [9.17, 15) is 14.3 Å². The van der Waals surface area contributed by atoms with Crippen molar-refractivity contribution in [1.82, 2.24) is 0 Å². The van der Waals surface area contributed by atoms with Gasteiger partial charge >= 0.3 is 13.8 Å². The van der Waals surface area contributed by atoms with Gasteiger partial charge in [0.05, 0.1) is 19.8 Å². The minimum absolute atomic E-state index is 0.0952. The maximum absolute atomic E-state index is 12.6. The van der Waals surface area contributed by atoms with E-state index in [-0.39, 0.29) is 32.3 Å². The monoisotopic (exact) mass is 838 g/mol. The minimum Gasteiger partial charge on any atom is -0.457 e. The van der Waals surface area contributed by atoms with Crippen molar-refractivity contribution < 1.29 is 32.8 Å². The molecule has 0 aliphatic heterocycles. The Bertz CT molecular complexity index is 1030. The third-order valence-corrected chi connectivity index (χ3v) is 11.2. The number of allylic oxidation sites excluding steroid dienone is 8. The average molecular weight is 838 g/mol. The number of unbranched alkanes of at least 4 members (excludes halogenated alkanes) is 25. The molecule has 0 saturated heterocycles. The Balaban J connectivity index is 3.92. The predicted octanol–water partition coefficient (Wildman–Crippen LogP) is 14.8. The molecule has 340 valence electrons. The third-order valence-electron chi connectivity index (χ3n) is 10.3.